The molecule has 7 heteroatoms. The van der Waals surface area contributed by atoms with Crippen molar-refractivity contribution in [2.45, 2.75) is 41.7 Å². The van der Waals surface area contributed by atoms with E-state index in [9.17, 15) is 8.42 Å². The Bertz CT molecular complexity index is 1100. The van der Waals surface area contributed by atoms with E-state index < -0.39 is 9.84 Å². The number of H-pyrrole nitrogens is 1. The largest absolute Gasteiger partial charge is 0.277 e. The van der Waals surface area contributed by atoms with E-state index in [0.717, 1.165) is 53.5 Å². The number of halogens is 1. The number of hydrogen-bond donors (Lipinski definition) is 1. The van der Waals surface area contributed by atoms with E-state index in [-0.39, 0.29) is 15.2 Å². The maximum absolute atomic E-state index is 12.5. The number of pyridine rings is 1. The van der Waals surface area contributed by atoms with Gasteiger partial charge >= 0.3 is 0 Å². The summed E-state index contributed by atoms with van der Waals surface area (Å²) in [6, 6.07) is 7.03. The highest BCUT2D eigenvalue weighted by molar-refractivity contribution is 7.92. The van der Waals surface area contributed by atoms with Gasteiger partial charge in [0.1, 0.15) is 0 Å². The third-order valence-corrected chi connectivity index (χ3v) is 7.69. The lowest BCUT2D eigenvalue weighted by Crippen LogP contribution is -2.07. The molecule has 2 aliphatic rings. The van der Waals surface area contributed by atoms with Crippen molar-refractivity contribution in [1.29, 1.82) is 0 Å². The van der Waals surface area contributed by atoms with Crippen LogP contribution in [-0.2, 0) is 9.84 Å². The first-order chi connectivity index (χ1) is 12.1. The number of nitrogens with one attached hydrogen (secondary N) is 1. The molecule has 2 heterocycles. The van der Waals surface area contributed by atoms with Gasteiger partial charge in [-0.3, -0.25) is 10.1 Å². The van der Waals surface area contributed by atoms with E-state index in [1.807, 2.05) is 6.07 Å². The van der Waals surface area contributed by atoms with Crippen molar-refractivity contribution in [3.8, 4) is 11.3 Å². The quantitative estimate of drug-likeness (QED) is 0.747. The van der Waals surface area contributed by atoms with Crippen LogP contribution in [0.5, 0.6) is 0 Å². The van der Waals surface area contributed by atoms with E-state index in [1.165, 1.54) is 0 Å². The molecule has 0 spiro atoms. The molecular weight excluding hydrogens is 358 g/mol. The summed E-state index contributed by atoms with van der Waals surface area (Å²) in [5.41, 5.74) is 3.60. The fourth-order valence-corrected chi connectivity index (χ4v) is 5.51. The van der Waals surface area contributed by atoms with Gasteiger partial charge in [0, 0.05) is 23.1 Å². The van der Waals surface area contributed by atoms with Crippen LogP contribution in [0, 0.1) is 0 Å². The highest BCUT2D eigenvalue weighted by Gasteiger charge is 2.38. The Morgan fingerprint density at radius 3 is 2.60 bits per heavy atom. The number of nitrogens with zero attached hydrogens (tertiary/aromatic N) is 2. The molecule has 0 atom stereocenters. The molecule has 2 saturated carbocycles. The molecule has 2 aromatic heterocycles. The standard InChI is InChI=1S/C18H16ClN3O2S/c19-13-9-11(3-6-15(13)25(23,24)12-4-5-12)17-16-14(7-8-20-17)21-22-18(16)10-1-2-10/h3,6-10,12H,1-2,4-5H2,(H,21,22). The Morgan fingerprint density at radius 2 is 1.92 bits per heavy atom. The van der Waals surface area contributed by atoms with Crippen LogP contribution in [-0.4, -0.2) is 28.8 Å². The zero-order valence-corrected chi connectivity index (χ0v) is 14.9. The normalized spacial score (nSPS) is 18.0. The summed E-state index contributed by atoms with van der Waals surface area (Å²) in [5.74, 6) is 0.488. The summed E-state index contributed by atoms with van der Waals surface area (Å²) in [5, 5.41) is 8.54. The Balaban J connectivity index is 1.66. The van der Waals surface area contributed by atoms with Gasteiger partial charge in [-0.05, 0) is 43.9 Å². The van der Waals surface area contributed by atoms with Crippen molar-refractivity contribution >= 4 is 32.3 Å². The molecule has 1 N–H and O–H groups in total. The van der Waals surface area contributed by atoms with Gasteiger partial charge in [0.15, 0.2) is 9.84 Å². The van der Waals surface area contributed by atoms with Gasteiger partial charge < -0.3 is 0 Å². The molecule has 0 radical (unpaired) electrons. The number of fused-ring (bicyclic) bond motifs is 1. The van der Waals surface area contributed by atoms with Crippen molar-refractivity contribution in [1.82, 2.24) is 15.2 Å². The number of aromatic nitrogens is 3. The number of rotatable bonds is 4. The number of hydrogen-bond acceptors (Lipinski definition) is 4. The van der Waals surface area contributed by atoms with Gasteiger partial charge in [-0.25, -0.2) is 8.42 Å². The van der Waals surface area contributed by atoms with Crippen molar-refractivity contribution in [2.75, 3.05) is 0 Å². The van der Waals surface area contributed by atoms with Gasteiger partial charge in [0.05, 0.1) is 32.1 Å². The summed E-state index contributed by atoms with van der Waals surface area (Å²) in [7, 11) is -3.31. The van der Waals surface area contributed by atoms with Crippen LogP contribution in [0.25, 0.3) is 22.2 Å². The minimum absolute atomic E-state index is 0.224. The second-order valence-corrected chi connectivity index (χ2v) is 9.46. The lowest BCUT2D eigenvalue weighted by atomic mass is 10.0. The molecule has 25 heavy (non-hydrogen) atoms. The molecule has 5 nitrogen and oxygen atoms in total. The van der Waals surface area contributed by atoms with Gasteiger partial charge in [-0.1, -0.05) is 17.7 Å². The average molecular weight is 374 g/mol. The van der Waals surface area contributed by atoms with E-state index in [0.29, 0.717) is 5.92 Å². The summed E-state index contributed by atoms with van der Waals surface area (Å²) >= 11 is 6.35. The first-order valence-electron chi connectivity index (χ1n) is 8.42. The molecule has 0 bridgehead atoms. The van der Waals surface area contributed by atoms with Gasteiger partial charge in [0.2, 0.25) is 0 Å². The molecule has 0 amide bonds. The van der Waals surface area contributed by atoms with Crippen LogP contribution in [0.15, 0.2) is 35.4 Å². The molecule has 1 aromatic carbocycles. The molecule has 2 fully saturated rings. The smallest absolute Gasteiger partial charge is 0.182 e. The molecule has 128 valence electrons. The van der Waals surface area contributed by atoms with Crippen LogP contribution in [0.1, 0.15) is 37.3 Å². The topological polar surface area (TPSA) is 75.7 Å². The van der Waals surface area contributed by atoms with Crippen molar-refractivity contribution in [3.05, 3.63) is 41.2 Å². The number of sulfone groups is 1. The zero-order valence-electron chi connectivity index (χ0n) is 13.4. The van der Waals surface area contributed by atoms with Gasteiger partial charge in [0.25, 0.3) is 0 Å². The summed E-state index contributed by atoms with van der Waals surface area (Å²) < 4.78 is 24.9. The molecule has 0 unspecified atom stereocenters. The lowest BCUT2D eigenvalue weighted by Gasteiger charge is -2.09. The SMILES string of the molecule is O=S(=O)(c1ccc(-c2nccc3[nH]nc(C4CC4)c23)cc1Cl)C1CC1. The highest BCUT2D eigenvalue weighted by atomic mass is 35.5. The Morgan fingerprint density at radius 1 is 1.12 bits per heavy atom. The average Bonchev–Trinajstić information content (AvgIpc) is 3.50. The summed E-state index contributed by atoms with van der Waals surface area (Å²) in [6.07, 6.45) is 5.47. The lowest BCUT2D eigenvalue weighted by molar-refractivity contribution is 0.595. The third kappa shape index (κ3) is 2.47. The minimum atomic E-state index is -3.31. The summed E-state index contributed by atoms with van der Waals surface area (Å²) in [6.45, 7) is 0. The first kappa shape index (κ1) is 15.3. The monoisotopic (exact) mass is 373 g/mol. The Labute approximate surface area is 150 Å². The molecule has 3 aromatic rings. The van der Waals surface area contributed by atoms with Crippen molar-refractivity contribution in [3.63, 3.8) is 0 Å². The number of benzene rings is 1. The van der Waals surface area contributed by atoms with Crippen LogP contribution in [0.2, 0.25) is 5.02 Å². The number of aromatic amines is 1. The van der Waals surface area contributed by atoms with Crippen molar-refractivity contribution < 1.29 is 8.42 Å². The fraction of sp³-hybridized carbons (Fsp3) is 0.333. The Kier molecular flexibility index (Phi) is 3.24. The maximum Gasteiger partial charge on any atom is 0.182 e. The fourth-order valence-electron chi connectivity index (χ4n) is 3.30. The second-order valence-electron chi connectivity index (χ2n) is 6.85. The molecule has 5 rings (SSSR count). The van der Waals surface area contributed by atoms with Gasteiger partial charge in [-0.2, -0.15) is 5.10 Å². The van der Waals surface area contributed by atoms with E-state index in [1.54, 1.807) is 24.4 Å². The molecule has 0 saturated heterocycles. The molecule has 0 aliphatic heterocycles. The molecule has 2 aliphatic carbocycles. The summed E-state index contributed by atoms with van der Waals surface area (Å²) in [4.78, 5) is 4.76. The predicted molar refractivity (Wildman–Crippen MR) is 96.5 cm³/mol. The Hall–Kier alpha value is -1.92. The highest BCUT2D eigenvalue weighted by Crippen LogP contribution is 2.44. The van der Waals surface area contributed by atoms with Crippen LogP contribution < -0.4 is 0 Å². The van der Waals surface area contributed by atoms with Crippen LogP contribution in [0.3, 0.4) is 0 Å². The van der Waals surface area contributed by atoms with Crippen LogP contribution >= 0.6 is 11.6 Å². The van der Waals surface area contributed by atoms with Crippen LogP contribution in [0.4, 0.5) is 0 Å². The first-order valence-corrected chi connectivity index (χ1v) is 10.3. The minimum Gasteiger partial charge on any atom is -0.277 e. The van der Waals surface area contributed by atoms with Crippen molar-refractivity contribution in [2.24, 2.45) is 0 Å². The van der Waals surface area contributed by atoms with E-state index in [2.05, 4.69) is 15.2 Å². The third-order valence-electron chi connectivity index (χ3n) is 4.94. The predicted octanol–water partition coefficient (Wildman–Crippen LogP) is 4.09. The van der Waals surface area contributed by atoms with Gasteiger partial charge in [-0.15, -0.1) is 0 Å². The van der Waals surface area contributed by atoms with E-state index in [4.69, 9.17) is 11.6 Å². The maximum atomic E-state index is 12.5. The molecular formula is C18H16ClN3O2S. The van der Waals surface area contributed by atoms with E-state index >= 15 is 0 Å². The second kappa shape index (κ2) is 5.29. The zero-order chi connectivity index (χ0) is 17.2.